The molecule has 2 aliphatic rings. The number of rotatable bonds is 6. The van der Waals surface area contributed by atoms with Crippen LogP contribution in [-0.4, -0.2) is 49.8 Å². The number of benzene rings is 1. The maximum Gasteiger partial charge on any atom is 0.340 e. The van der Waals surface area contributed by atoms with E-state index >= 15 is 0 Å². The summed E-state index contributed by atoms with van der Waals surface area (Å²) in [4.78, 5) is 24.3. The van der Waals surface area contributed by atoms with E-state index in [2.05, 4.69) is 5.32 Å². The molecule has 1 aromatic carbocycles. The highest BCUT2D eigenvalue weighted by Crippen LogP contribution is 2.26. The number of sulfonamides is 1. The molecule has 1 saturated heterocycles. The van der Waals surface area contributed by atoms with Crippen LogP contribution in [0.2, 0.25) is 5.02 Å². The number of hydrogen-bond donors (Lipinski definition) is 1. The normalized spacial score (nSPS) is 19.2. The third-order valence-electron chi connectivity index (χ3n) is 4.44. The van der Waals surface area contributed by atoms with Crippen molar-refractivity contribution >= 4 is 33.5 Å². The van der Waals surface area contributed by atoms with Gasteiger partial charge in [-0.2, -0.15) is 4.31 Å². The van der Waals surface area contributed by atoms with Gasteiger partial charge in [-0.05, 0) is 50.8 Å². The number of amides is 1. The molecule has 1 aliphatic heterocycles. The Hall–Kier alpha value is -1.64. The fraction of sp³-hybridized carbons (Fsp3) is 0.529. The van der Waals surface area contributed by atoms with E-state index in [4.69, 9.17) is 16.3 Å². The van der Waals surface area contributed by atoms with Crippen LogP contribution in [0.3, 0.4) is 0 Å². The van der Waals surface area contributed by atoms with E-state index in [0.29, 0.717) is 13.1 Å². The maximum absolute atomic E-state index is 12.6. The van der Waals surface area contributed by atoms with Crippen molar-refractivity contribution in [1.82, 2.24) is 9.62 Å². The van der Waals surface area contributed by atoms with Gasteiger partial charge in [0.05, 0.1) is 15.5 Å². The molecule has 3 rings (SSSR count). The zero-order valence-electron chi connectivity index (χ0n) is 14.4. The van der Waals surface area contributed by atoms with Crippen LogP contribution >= 0.6 is 11.6 Å². The molecule has 1 amide bonds. The smallest absolute Gasteiger partial charge is 0.340 e. The second-order valence-corrected chi connectivity index (χ2v) is 8.93. The number of hydrogen-bond acceptors (Lipinski definition) is 5. The molecule has 0 unspecified atom stereocenters. The van der Waals surface area contributed by atoms with Gasteiger partial charge in [-0.15, -0.1) is 0 Å². The van der Waals surface area contributed by atoms with Gasteiger partial charge in [0.25, 0.3) is 5.91 Å². The van der Waals surface area contributed by atoms with Gasteiger partial charge >= 0.3 is 5.97 Å². The van der Waals surface area contributed by atoms with E-state index in [9.17, 15) is 18.0 Å². The van der Waals surface area contributed by atoms with E-state index in [1.807, 2.05) is 0 Å². The van der Waals surface area contributed by atoms with E-state index in [1.54, 1.807) is 0 Å². The second kappa shape index (κ2) is 7.54. The average Bonchev–Trinajstić information content (AvgIpc) is 3.23. The van der Waals surface area contributed by atoms with Crippen LogP contribution < -0.4 is 5.32 Å². The zero-order chi connectivity index (χ0) is 18.9. The fourth-order valence-electron chi connectivity index (χ4n) is 2.72. The molecule has 1 aliphatic carbocycles. The van der Waals surface area contributed by atoms with Gasteiger partial charge in [0.1, 0.15) is 0 Å². The zero-order valence-corrected chi connectivity index (χ0v) is 16.0. The standard InChI is InChI=1S/C17H21ClN2O5S/c1-11(16(21)19-12-4-5-12)25-17(22)14-10-13(6-7-15(14)18)26(23,24)20-8-2-3-9-20/h6-7,10-12H,2-5,8-9H2,1H3,(H,19,21)/t11-/m0/s1. The Morgan fingerprint density at radius 1 is 1.27 bits per heavy atom. The Kier molecular flexibility index (Phi) is 5.55. The van der Waals surface area contributed by atoms with Gasteiger partial charge in [0.2, 0.25) is 10.0 Å². The number of nitrogens with zero attached hydrogens (tertiary/aromatic N) is 1. The lowest BCUT2D eigenvalue weighted by atomic mass is 10.2. The van der Waals surface area contributed by atoms with Crippen molar-refractivity contribution < 1.29 is 22.7 Å². The van der Waals surface area contributed by atoms with Crippen molar-refractivity contribution in [3.8, 4) is 0 Å². The first-order valence-electron chi connectivity index (χ1n) is 8.60. The largest absolute Gasteiger partial charge is 0.449 e. The van der Waals surface area contributed by atoms with Crippen LogP contribution in [0.5, 0.6) is 0 Å². The summed E-state index contributed by atoms with van der Waals surface area (Å²) in [6.45, 7) is 2.39. The Morgan fingerprint density at radius 3 is 2.54 bits per heavy atom. The maximum atomic E-state index is 12.6. The fourth-order valence-corrected chi connectivity index (χ4v) is 4.46. The summed E-state index contributed by atoms with van der Waals surface area (Å²) >= 11 is 6.05. The number of ether oxygens (including phenoxy) is 1. The Morgan fingerprint density at radius 2 is 1.92 bits per heavy atom. The molecule has 1 saturated carbocycles. The summed E-state index contributed by atoms with van der Waals surface area (Å²) < 4.78 is 31.8. The molecule has 7 nitrogen and oxygen atoms in total. The predicted molar refractivity (Wildman–Crippen MR) is 95.5 cm³/mol. The summed E-state index contributed by atoms with van der Waals surface area (Å²) in [5, 5.41) is 2.82. The van der Waals surface area contributed by atoms with E-state index in [0.717, 1.165) is 25.7 Å². The monoisotopic (exact) mass is 400 g/mol. The van der Waals surface area contributed by atoms with Crippen LogP contribution in [0.15, 0.2) is 23.1 Å². The van der Waals surface area contributed by atoms with Crippen molar-refractivity contribution in [3.63, 3.8) is 0 Å². The van der Waals surface area contributed by atoms with Gasteiger partial charge in [0.15, 0.2) is 6.10 Å². The molecule has 2 fully saturated rings. The minimum absolute atomic E-state index is 0.00849. The molecule has 0 spiro atoms. The highest BCUT2D eigenvalue weighted by Gasteiger charge is 2.30. The first-order valence-corrected chi connectivity index (χ1v) is 10.4. The Labute approximate surface area is 157 Å². The lowest BCUT2D eigenvalue weighted by molar-refractivity contribution is -0.129. The summed E-state index contributed by atoms with van der Waals surface area (Å²) in [7, 11) is -3.68. The topological polar surface area (TPSA) is 92.8 Å². The molecule has 1 heterocycles. The average molecular weight is 401 g/mol. The first-order chi connectivity index (χ1) is 12.3. The van der Waals surface area contributed by atoms with Crippen molar-refractivity contribution in [2.24, 2.45) is 0 Å². The quantitative estimate of drug-likeness (QED) is 0.737. The van der Waals surface area contributed by atoms with Crippen molar-refractivity contribution in [2.45, 2.75) is 49.6 Å². The number of halogens is 1. The van der Waals surface area contributed by atoms with Crippen molar-refractivity contribution in [3.05, 3.63) is 28.8 Å². The van der Waals surface area contributed by atoms with Crippen LogP contribution in [0.1, 0.15) is 43.0 Å². The Balaban J connectivity index is 1.76. The van der Waals surface area contributed by atoms with Gasteiger partial charge in [0, 0.05) is 19.1 Å². The first kappa shape index (κ1) is 19.1. The van der Waals surface area contributed by atoms with Crippen molar-refractivity contribution in [2.75, 3.05) is 13.1 Å². The number of carbonyl (C=O) groups excluding carboxylic acids is 2. The minimum atomic E-state index is -3.68. The van der Waals surface area contributed by atoms with Crippen LogP contribution in [0.25, 0.3) is 0 Å². The van der Waals surface area contributed by atoms with Gasteiger partial charge < -0.3 is 10.1 Å². The molecule has 1 aromatic rings. The molecule has 26 heavy (non-hydrogen) atoms. The van der Waals surface area contributed by atoms with Crippen LogP contribution in [0, 0.1) is 0 Å². The van der Waals surface area contributed by atoms with Crippen molar-refractivity contribution in [1.29, 1.82) is 0 Å². The van der Waals surface area contributed by atoms with E-state index in [-0.39, 0.29) is 27.4 Å². The molecule has 0 bridgehead atoms. The molecular weight excluding hydrogens is 380 g/mol. The SMILES string of the molecule is C[C@H](OC(=O)c1cc(S(=O)(=O)N2CCCC2)ccc1Cl)C(=O)NC1CC1. The predicted octanol–water partition coefficient (Wildman–Crippen LogP) is 1.95. The molecular formula is C17H21ClN2O5S. The summed E-state index contributed by atoms with van der Waals surface area (Å²) in [5.41, 5.74) is -0.0713. The molecule has 0 aromatic heterocycles. The summed E-state index contributed by atoms with van der Waals surface area (Å²) in [6, 6.07) is 4.09. The lowest BCUT2D eigenvalue weighted by Crippen LogP contribution is -2.37. The number of carbonyl (C=O) groups is 2. The molecule has 142 valence electrons. The summed E-state index contributed by atoms with van der Waals surface area (Å²) in [6.07, 6.45) is 2.49. The van der Waals surface area contributed by atoms with Crippen LogP contribution in [-0.2, 0) is 19.6 Å². The molecule has 1 atom stereocenters. The third-order valence-corrected chi connectivity index (χ3v) is 6.66. The second-order valence-electron chi connectivity index (χ2n) is 6.58. The highest BCUT2D eigenvalue weighted by atomic mass is 35.5. The minimum Gasteiger partial charge on any atom is -0.449 e. The van der Waals surface area contributed by atoms with E-state index < -0.39 is 22.1 Å². The third kappa shape index (κ3) is 4.19. The molecule has 9 heteroatoms. The Bertz CT molecular complexity index is 816. The van der Waals surface area contributed by atoms with Gasteiger partial charge in [-0.1, -0.05) is 11.6 Å². The highest BCUT2D eigenvalue weighted by molar-refractivity contribution is 7.89. The summed E-state index contributed by atoms with van der Waals surface area (Å²) in [5.74, 6) is -1.20. The molecule has 1 N–H and O–H groups in total. The van der Waals surface area contributed by atoms with Gasteiger partial charge in [-0.3, -0.25) is 4.79 Å². The number of nitrogens with one attached hydrogen (secondary N) is 1. The van der Waals surface area contributed by atoms with E-state index in [1.165, 1.54) is 29.4 Å². The lowest BCUT2D eigenvalue weighted by Gasteiger charge is -2.17. The molecule has 0 radical (unpaired) electrons. The van der Waals surface area contributed by atoms with Gasteiger partial charge in [-0.25, -0.2) is 13.2 Å². The number of esters is 1. The van der Waals surface area contributed by atoms with Crippen LogP contribution in [0.4, 0.5) is 0 Å².